The Kier molecular flexibility index (Phi) is 9.28. The number of nitrogens with one attached hydrogen (secondary N) is 1. The highest BCUT2D eigenvalue weighted by molar-refractivity contribution is 9.10. The van der Waals surface area contributed by atoms with Crippen molar-refractivity contribution in [1.82, 2.24) is 25.5 Å². The number of aryl methyl sites for hydroxylation is 1. The molecule has 0 fully saturated rings. The van der Waals surface area contributed by atoms with Gasteiger partial charge < -0.3 is 14.8 Å². The van der Waals surface area contributed by atoms with Crippen LogP contribution < -0.4 is 14.8 Å². The molecule has 0 amide bonds. The largest absolute Gasteiger partial charge is 0.493 e. The molecule has 0 spiro atoms. The minimum atomic E-state index is 0.315. The van der Waals surface area contributed by atoms with E-state index in [9.17, 15) is 0 Å². The van der Waals surface area contributed by atoms with E-state index in [2.05, 4.69) is 36.8 Å². The molecule has 0 aliphatic carbocycles. The van der Waals surface area contributed by atoms with Gasteiger partial charge >= 0.3 is 0 Å². The molecular weight excluding hydrogens is 525 g/mol. The molecule has 0 saturated heterocycles. The summed E-state index contributed by atoms with van der Waals surface area (Å²) in [4.78, 5) is 0. The molecule has 11 heteroatoms. The highest BCUT2D eigenvalue weighted by atomic mass is 79.9. The van der Waals surface area contributed by atoms with Gasteiger partial charge in [-0.25, -0.2) is 4.68 Å². The third-order valence-corrected chi connectivity index (χ3v) is 6.78. The van der Waals surface area contributed by atoms with E-state index in [-0.39, 0.29) is 0 Å². The fraction of sp³-hybridized carbons (Fsp3) is 0.350. The van der Waals surface area contributed by atoms with E-state index in [1.807, 2.05) is 25.2 Å². The Hall–Kier alpha value is -1.52. The number of thioether (sulfide) groups is 1. The predicted molar refractivity (Wildman–Crippen MR) is 127 cm³/mol. The van der Waals surface area contributed by atoms with Crippen molar-refractivity contribution in [3.8, 4) is 11.5 Å². The number of ether oxygens (including phenoxy) is 2. The van der Waals surface area contributed by atoms with Crippen LogP contribution >= 0.6 is 50.9 Å². The molecular formula is C20H22BrCl2N5O2S. The molecule has 166 valence electrons. The molecule has 0 bridgehead atoms. The smallest absolute Gasteiger partial charge is 0.209 e. The van der Waals surface area contributed by atoms with E-state index in [1.165, 1.54) is 0 Å². The Morgan fingerprint density at radius 3 is 2.71 bits per heavy atom. The van der Waals surface area contributed by atoms with Gasteiger partial charge in [0.1, 0.15) is 6.61 Å². The summed E-state index contributed by atoms with van der Waals surface area (Å²) in [5, 5.41) is 16.9. The summed E-state index contributed by atoms with van der Waals surface area (Å²) in [7, 11) is 3.46. The zero-order chi connectivity index (χ0) is 22.2. The van der Waals surface area contributed by atoms with Gasteiger partial charge in [-0.1, -0.05) is 57.0 Å². The molecule has 31 heavy (non-hydrogen) atoms. The van der Waals surface area contributed by atoms with Crippen LogP contribution in [0.15, 0.2) is 40.0 Å². The average Bonchev–Trinajstić information content (AvgIpc) is 3.15. The Labute approximate surface area is 203 Å². The van der Waals surface area contributed by atoms with Crippen LogP contribution in [0.25, 0.3) is 0 Å². The third-order valence-electron chi connectivity index (χ3n) is 4.36. The van der Waals surface area contributed by atoms with Crippen LogP contribution in [0.3, 0.4) is 0 Å². The maximum Gasteiger partial charge on any atom is 0.209 e. The summed E-state index contributed by atoms with van der Waals surface area (Å²) in [6.07, 6.45) is 0.995. The highest BCUT2D eigenvalue weighted by Crippen LogP contribution is 2.34. The van der Waals surface area contributed by atoms with Crippen molar-refractivity contribution in [3.05, 3.63) is 56.0 Å². The number of benzene rings is 2. The van der Waals surface area contributed by atoms with E-state index in [1.54, 1.807) is 35.7 Å². The lowest BCUT2D eigenvalue weighted by Crippen LogP contribution is -2.16. The van der Waals surface area contributed by atoms with E-state index in [0.717, 1.165) is 39.5 Å². The predicted octanol–water partition coefficient (Wildman–Crippen LogP) is 5.14. The van der Waals surface area contributed by atoms with Gasteiger partial charge in [-0.3, -0.25) is 0 Å². The summed E-state index contributed by atoms with van der Waals surface area (Å²) in [5.74, 6) is 2.24. The first-order chi connectivity index (χ1) is 15.0. The second-order valence-electron chi connectivity index (χ2n) is 6.58. The molecule has 0 aliphatic heterocycles. The van der Waals surface area contributed by atoms with Crippen LogP contribution in [-0.2, 0) is 20.2 Å². The van der Waals surface area contributed by atoms with E-state index in [4.69, 9.17) is 32.7 Å². The number of methoxy groups -OCH3 is 1. The molecule has 2 aromatic carbocycles. The van der Waals surface area contributed by atoms with Crippen molar-refractivity contribution in [3.63, 3.8) is 0 Å². The monoisotopic (exact) mass is 545 g/mol. The lowest BCUT2D eigenvalue weighted by Gasteiger charge is -2.15. The molecule has 1 heterocycles. The van der Waals surface area contributed by atoms with Crippen molar-refractivity contribution >= 4 is 50.9 Å². The summed E-state index contributed by atoms with van der Waals surface area (Å²) in [6, 6.07) is 9.22. The van der Waals surface area contributed by atoms with E-state index >= 15 is 0 Å². The Morgan fingerprint density at radius 1 is 1.16 bits per heavy atom. The lowest BCUT2D eigenvalue weighted by molar-refractivity contribution is 0.284. The zero-order valence-corrected chi connectivity index (χ0v) is 21.0. The second kappa shape index (κ2) is 11.9. The van der Waals surface area contributed by atoms with E-state index in [0.29, 0.717) is 34.7 Å². The van der Waals surface area contributed by atoms with Gasteiger partial charge in [0.25, 0.3) is 0 Å². The van der Waals surface area contributed by atoms with Crippen molar-refractivity contribution in [2.45, 2.75) is 24.7 Å². The standard InChI is InChI=1S/C20H22BrCl2N5O2S/c1-28-20(25-26-27-28)31-7-3-6-24-11-14-8-18(29-2)19(10-16(14)21)30-12-13-4-5-15(22)9-17(13)23/h4-5,8-10,24H,3,6-7,11-12H2,1-2H3. The normalized spacial score (nSPS) is 11.0. The number of aromatic nitrogens is 4. The molecule has 1 N–H and O–H groups in total. The van der Waals surface area contributed by atoms with Crippen molar-refractivity contribution in [2.75, 3.05) is 19.4 Å². The van der Waals surface area contributed by atoms with E-state index < -0.39 is 0 Å². The topological polar surface area (TPSA) is 74.1 Å². The third kappa shape index (κ3) is 6.98. The quantitative estimate of drug-likeness (QED) is 0.263. The number of nitrogens with zero attached hydrogens (tertiary/aromatic N) is 4. The molecule has 1 aromatic heterocycles. The number of halogens is 3. The maximum atomic E-state index is 6.23. The molecule has 0 radical (unpaired) electrons. The molecule has 0 aliphatic rings. The van der Waals surface area contributed by atoms with Gasteiger partial charge in [0.05, 0.1) is 7.11 Å². The summed E-state index contributed by atoms with van der Waals surface area (Å²) in [5.41, 5.74) is 1.93. The molecule has 3 aromatic rings. The summed E-state index contributed by atoms with van der Waals surface area (Å²) in [6.45, 7) is 1.89. The van der Waals surface area contributed by atoms with Crippen LogP contribution in [0.2, 0.25) is 10.0 Å². The van der Waals surface area contributed by atoms with Crippen LogP contribution in [0, 0.1) is 0 Å². The minimum absolute atomic E-state index is 0.315. The van der Waals surface area contributed by atoms with Crippen LogP contribution in [-0.4, -0.2) is 39.6 Å². The maximum absolute atomic E-state index is 6.23. The van der Waals surface area contributed by atoms with Gasteiger partial charge in [-0.05, 0) is 53.2 Å². The van der Waals surface area contributed by atoms with Crippen LogP contribution in [0.1, 0.15) is 17.5 Å². The average molecular weight is 547 g/mol. The SMILES string of the molecule is COc1cc(CNCCCSc2nnnn2C)c(Br)cc1OCc1ccc(Cl)cc1Cl. The number of hydrogen-bond donors (Lipinski definition) is 1. The Morgan fingerprint density at radius 2 is 2.00 bits per heavy atom. The van der Waals surface area contributed by atoms with Gasteiger partial charge in [-0.15, -0.1) is 5.10 Å². The van der Waals surface area contributed by atoms with Crippen molar-refractivity contribution in [1.29, 1.82) is 0 Å². The molecule has 3 rings (SSSR count). The number of tetrazole rings is 1. The van der Waals surface area contributed by atoms with Crippen molar-refractivity contribution < 1.29 is 9.47 Å². The fourth-order valence-electron chi connectivity index (χ4n) is 2.71. The first-order valence-electron chi connectivity index (χ1n) is 9.47. The molecule has 7 nitrogen and oxygen atoms in total. The fourth-order valence-corrected chi connectivity index (χ4v) is 4.42. The first kappa shape index (κ1) is 24.1. The minimum Gasteiger partial charge on any atom is -0.493 e. The highest BCUT2D eigenvalue weighted by Gasteiger charge is 2.12. The summed E-state index contributed by atoms with van der Waals surface area (Å²) >= 11 is 17.5. The first-order valence-corrected chi connectivity index (χ1v) is 12.0. The van der Waals surface area contributed by atoms with Gasteiger partial charge in [0.15, 0.2) is 11.5 Å². The van der Waals surface area contributed by atoms with Crippen LogP contribution in [0.4, 0.5) is 0 Å². The Balaban J connectivity index is 1.50. The molecule has 0 saturated carbocycles. The van der Waals surface area contributed by atoms with Gasteiger partial charge in [0, 0.05) is 39.4 Å². The molecule has 0 unspecified atom stereocenters. The lowest BCUT2D eigenvalue weighted by atomic mass is 10.2. The number of rotatable bonds is 11. The van der Waals surface area contributed by atoms with Crippen molar-refractivity contribution in [2.24, 2.45) is 7.05 Å². The zero-order valence-electron chi connectivity index (χ0n) is 17.1. The second-order valence-corrected chi connectivity index (χ2v) is 9.34. The number of hydrogen-bond acceptors (Lipinski definition) is 7. The Bertz CT molecular complexity index is 1020. The summed E-state index contributed by atoms with van der Waals surface area (Å²) < 4.78 is 14.1. The van der Waals surface area contributed by atoms with Gasteiger partial charge in [0.2, 0.25) is 5.16 Å². The van der Waals surface area contributed by atoms with Gasteiger partial charge in [-0.2, -0.15) is 0 Å². The van der Waals surface area contributed by atoms with Crippen LogP contribution in [0.5, 0.6) is 11.5 Å². The molecule has 0 atom stereocenters.